The van der Waals surface area contributed by atoms with Crippen molar-refractivity contribution in [2.75, 3.05) is 19.6 Å². The maximum Gasteiger partial charge on any atom is 0.256 e. The van der Waals surface area contributed by atoms with E-state index in [0.717, 1.165) is 12.0 Å². The number of rotatable bonds is 8. The summed E-state index contributed by atoms with van der Waals surface area (Å²) in [4.78, 5) is 26.2. The molecule has 0 saturated carbocycles. The van der Waals surface area contributed by atoms with Crippen LogP contribution in [0.4, 0.5) is 0 Å². The molecule has 1 heterocycles. The molecule has 1 aliphatic heterocycles. The fourth-order valence-electron chi connectivity index (χ4n) is 3.36. The van der Waals surface area contributed by atoms with E-state index in [9.17, 15) is 14.7 Å². The molecule has 2 rings (SSSR count). The molecule has 1 aromatic carbocycles. The van der Waals surface area contributed by atoms with Gasteiger partial charge in [0.25, 0.3) is 5.91 Å². The number of carbonyl (C=O) groups excluding carboxylic acids is 2. The number of piperidine rings is 1. The Balaban J connectivity index is 1.92. The van der Waals surface area contributed by atoms with Crippen LogP contribution in [0, 0.1) is 0 Å². The first-order valence-corrected chi connectivity index (χ1v) is 9.82. The number of hydrogen-bond donors (Lipinski definition) is 3. The fourth-order valence-corrected chi connectivity index (χ4v) is 3.36. The highest BCUT2D eigenvalue weighted by Gasteiger charge is 2.41. The van der Waals surface area contributed by atoms with Crippen molar-refractivity contribution < 1.29 is 14.7 Å². The molecule has 150 valence electrons. The molecule has 1 fully saturated rings. The molecular formula is C21H33N3O3. The Labute approximate surface area is 162 Å². The van der Waals surface area contributed by atoms with Crippen LogP contribution >= 0.6 is 0 Å². The van der Waals surface area contributed by atoms with E-state index in [1.807, 2.05) is 26.0 Å². The number of carbonyl (C=O) groups is 2. The number of nitrogens with zero attached hydrogens (tertiary/aromatic N) is 1. The SMILES string of the molecule is CC(C)NC(=O)CNCC1(O)CCCN(Cc2ccc(C(C)C)cc2)C1=O. The third kappa shape index (κ3) is 6.04. The van der Waals surface area contributed by atoms with E-state index in [1.165, 1.54) is 5.56 Å². The summed E-state index contributed by atoms with van der Waals surface area (Å²) in [5.74, 6) is 0.0668. The summed E-state index contributed by atoms with van der Waals surface area (Å²) in [6.07, 6.45) is 1.15. The maximum atomic E-state index is 12.8. The molecule has 0 aromatic heterocycles. The predicted molar refractivity (Wildman–Crippen MR) is 106 cm³/mol. The van der Waals surface area contributed by atoms with Gasteiger partial charge in [-0.1, -0.05) is 38.1 Å². The van der Waals surface area contributed by atoms with Crippen molar-refractivity contribution in [3.63, 3.8) is 0 Å². The van der Waals surface area contributed by atoms with Crippen LogP contribution in [0.5, 0.6) is 0 Å². The highest BCUT2D eigenvalue weighted by Crippen LogP contribution is 2.24. The zero-order chi connectivity index (χ0) is 20.0. The number of benzene rings is 1. The van der Waals surface area contributed by atoms with E-state index in [-0.39, 0.29) is 30.9 Å². The second-order valence-electron chi connectivity index (χ2n) is 8.08. The van der Waals surface area contributed by atoms with Crippen LogP contribution in [0.3, 0.4) is 0 Å². The first kappa shape index (κ1) is 21.4. The zero-order valence-electron chi connectivity index (χ0n) is 16.9. The van der Waals surface area contributed by atoms with Gasteiger partial charge in [-0.3, -0.25) is 9.59 Å². The van der Waals surface area contributed by atoms with Crippen LogP contribution in [-0.2, 0) is 16.1 Å². The van der Waals surface area contributed by atoms with Crippen molar-refractivity contribution >= 4 is 11.8 Å². The first-order chi connectivity index (χ1) is 12.7. The van der Waals surface area contributed by atoms with E-state index in [0.29, 0.717) is 25.4 Å². The molecule has 1 unspecified atom stereocenters. The van der Waals surface area contributed by atoms with Crippen molar-refractivity contribution in [1.29, 1.82) is 0 Å². The molecular weight excluding hydrogens is 342 g/mol. The first-order valence-electron chi connectivity index (χ1n) is 9.82. The lowest BCUT2D eigenvalue weighted by molar-refractivity contribution is -0.157. The third-order valence-electron chi connectivity index (χ3n) is 4.88. The lowest BCUT2D eigenvalue weighted by Gasteiger charge is -2.38. The molecule has 6 nitrogen and oxygen atoms in total. The van der Waals surface area contributed by atoms with Crippen molar-refractivity contribution in [3.8, 4) is 0 Å². The summed E-state index contributed by atoms with van der Waals surface area (Å²) in [5, 5.41) is 16.5. The average molecular weight is 376 g/mol. The minimum atomic E-state index is -1.45. The minimum Gasteiger partial charge on any atom is -0.379 e. The van der Waals surface area contributed by atoms with Gasteiger partial charge in [-0.15, -0.1) is 0 Å². The minimum absolute atomic E-state index is 0.0660. The Bertz CT molecular complexity index is 643. The molecule has 0 aliphatic carbocycles. The predicted octanol–water partition coefficient (Wildman–Crippen LogP) is 1.78. The Kier molecular flexibility index (Phi) is 7.39. The zero-order valence-corrected chi connectivity index (χ0v) is 16.9. The molecule has 1 aromatic rings. The van der Waals surface area contributed by atoms with E-state index in [2.05, 4.69) is 36.6 Å². The molecule has 0 spiro atoms. The van der Waals surface area contributed by atoms with Crippen LogP contribution in [-0.4, -0.2) is 53.1 Å². The lowest BCUT2D eigenvalue weighted by atomic mass is 9.91. The molecule has 1 atom stereocenters. The summed E-state index contributed by atoms with van der Waals surface area (Å²) >= 11 is 0. The van der Waals surface area contributed by atoms with Gasteiger partial charge in [-0.2, -0.15) is 0 Å². The van der Waals surface area contributed by atoms with E-state index < -0.39 is 5.60 Å². The maximum absolute atomic E-state index is 12.8. The monoisotopic (exact) mass is 375 g/mol. The average Bonchev–Trinajstić information content (AvgIpc) is 2.59. The number of likely N-dealkylation sites (tertiary alicyclic amines) is 1. The van der Waals surface area contributed by atoms with Crippen molar-refractivity contribution in [2.45, 2.75) is 64.6 Å². The lowest BCUT2D eigenvalue weighted by Crippen LogP contribution is -2.58. The van der Waals surface area contributed by atoms with E-state index >= 15 is 0 Å². The highest BCUT2D eigenvalue weighted by molar-refractivity contribution is 5.86. The molecule has 1 aliphatic rings. The third-order valence-corrected chi connectivity index (χ3v) is 4.88. The normalized spacial score (nSPS) is 20.4. The van der Waals surface area contributed by atoms with Gasteiger partial charge < -0.3 is 20.6 Å². The topological polar surface area (TPSA) is 81.7 Å². The van der Waals surface area contributed by atoms with Crippen molar-refractivity contribution in [2.24, 2.45) is 0 Å². The van der Waals surface area contributed by atoms with Gasteiger partial charge in [0.2, 0.25) is 5.91 Å². The molecule has 3 N–H and O–H groups in total. The summed E-state index contributed by atoms with van der Waals surface area (Å²) in [6, 6.07) is 8.34. The van der Waals surface area contributed by atoms with Gasteiger partial charge in [0.1, 0.15) is 0 Å². The summed E-state index contributed by atoms with van der Waals surface area (Å²) in [5.41, 5.74) is 0.874. The number of hydrogen-bond acceptors (Lipinski definition) is 4. The van der Waals surface area contributed by atoms with Crippen LogP contribution in [0.15, 0.2) is 24.3 Å². The van der Waals surface area contributed by atoms with Gasteiger partial charge in [-0.05, 0) is 43.7 Å². The molecule has 0 bridgehead atoms. The van der Waals surface area contributed by atoms with Crippen LogP contribution in [0.2, 0.25) is 0 Å². The second kappa shape index (κ2) is 9.33. The van der Waals surface area contributed by atoms with Crippen LogP contribution < -0.4 is 10.6 Å². The van der Waals surface area contributed by atoms with Crippen molar-refractivity contribution in [3.05, 3.63) is 35.4 Å². The quantitative estimate of drug-likeness (QED) is 0.647. The molecule has 6 heteroatoms. The Hall–Kier alpha value is -1.92. The second-order valence-corrected chi connectivity index (χ2v) is 8.08. The largest absolute Gasteiger partial charge is 0.379 e. The van der Waals surface area contributed by atoms with Gasteiger partial charge in [-0.25, -0.2) is 0 Å². The number of nitrogens with one attached hydrogen (secondary N) is 2. The highest BCUT2D eigenvalue weighted by atomic mass is 16.3. The standard InChI is InChI=1S/C21H33N3O3/c1-15(2)18-8-6-17(7-9-18)13-24-11-5-10-21(27,20(24)26)14-22-12-19(25)23-16(3)4/h6-9,15-16,22,27H,5,10-14H2,1-4H3,(H,23,25). The van der Waals surface area contributed by atoms with Crippen LogP contribution in [0.25, 0.3) is 0 Å². The van der Waals surface area contributed by atoms with E-state index in [1.54, 1.807) is 4.90 Å². The Morgan fingerprint density at radius 3 is 2.48 bits per heavy atom. The summed E-state index contributed by atoms with van der Waals surface area (Å²) < 4.78 is 0. The van der Waals surface area contributed by atoms with Gasteiger partial charge in [0.05, 0.1) is 6.54 Å². The van der Waals surface area contributed by atoms with Crippen LogP contribution in [0.1, 0.15) is 57.6 Å². The summed E-state index contributed by atoms with van der Waals surface area (Å²) in [6.45, 7) is 9.39. The Morgan fingerprint density at radius 1 is 1.22 bits per heavy atom. The molecule has 2 amide bonds. The number of amides is 2. The Morgan fingerprint density at radius 2 is 1.89 bits per heavy atom. The van der Waals surface area contributed by atoms with Gasteiger partial charge in [0.15, 0.2) is 5.60 Å². The van der Waals surface area contributed by atoms with E-state index in [4.69, 9.17) is 0 Å². The molecule has 1 saturated heterocycles. The van der Waals surface area contributed by atoms with Gasteiger partial charge >= 0.3 is 0 Å². The van der Waals surface area contributed by atoms with Crippen molar-refractivity contribution in [1.82, 2.24) is 15.5 Å². The van der Waals surface area contributed by atoms with Gasteiger partial charge in [0, 0.05) is 25.7 Å². The fraction of sp³-hybridized carbons (Fsp3) is 0.619. The number of aliphatic hydroxyl groups is 1. The molecule has 27 heavy (non-hydrogen) atoms. The molecule has 0 radical (unpaired) electrons. The summed E-state index contributed by atoms with van der Waals surface area (Å²) in [7, 11) is 0. The smallest absolute Gasteiger partial charge is 0.256 e.